The van der Waals surface area contributed by atoms with Crippen molar-refractivity contribution < 1.29 is 4.79 Å². The highest BCUT2D eigenvalue weighted by atomic mass is 127. The van der Waals surface area contributed by atoms with Crippen molar-refractivity contribution in [2.24, 2.45) is 0 Å². The van der Waals surface area contributed by atoms with Crippen molar-refractivity contribution in [2.75, 3.05) is 16.4 Å². The number of hydrogen-bond donors (Lipinski definition) is 3. The Hall–Kier alpha value is -2.81. The Morgan fingerprint density at radius 1 is 1.21 bits per heavy atom. The van der Waals surface area contributed by atoms with E-state index in [-0.39, 0.29) is 11.9 Å². The smallest absolute Gasteiger partial charge is 0.255 e. The van der Waals surface area contributed by atoms with E-state index in [1.165, 1.54) is 5.56 Å². The van der Waals surface area contributed by atoms with Crippen molar-refractivity contribution in [3.63, 3.8) is 0 Å². The number of nitrogen functional groups attached to an aromatic ring is 1. The molecule has 2 aromatic carbocycles. The first-order valence-corrected chi connectivity index (χ1v) is 9.97. The summed E-state index contributed by atoms with van der Waals surface area (Å²) in [6.07, 6.45) is 1.73. The Morgan fingerprint density at radius 2 is 2.00 bits per heavy atom. The second-order valence-electron chi connectivity index (χ2n) is 6.78. The number of para-hydroxylation sites is 2. The van der Waals surface area contributed by atoms with Crippen LogP contribution in [0.5, 0.6) is 0 Å². The van der Waals surface area contributed by atoms with Crippen LogP contribution in [0.1, 0.15) is 24.1 Å². The molecule has 1 atom stereocenters. The van der Waals surface area contributed by atoms with E-state index < -0.39 is 0 Å². The highest BCUT2D eigenvalue weighted by molar-refractivity contribution is 14.1. The summed E-state index contributed by atoms with van der Waals surface area (Å²) in [6.45, 7) is 3.98. The highest BCUT2D eigenvalue weighted by Crippen LogP contribution is 2.37. The molecule has 0 aliphatic carbocycles. The number of carbonyl (C=O) groups is 1. The van der Waals surface area contributed by atoms with Crippen LogP contribution in [0.15, 0.2) is 66.0 Å². The number of nitrogens with one attached hydrogen (secondary N) is 2. The Morgan fingerprint density at radius 3 is 2.75 bits per heavy atom. The molecule has 2 heterocycles. The van der Waals surface area contributed by atoms with E-state index in [2.05, 4.69) is 63.4 Å². The van der Waals surface area contributed by atoms with Crippen LogP contribution >= 0.6 is 22.6 Å². The van der Waals surface area contributed by atoms with E-state index in [9.17, 15) is 4.79 Å². The molecule has 1 unspecified atom stereocenters. The van der Waals surface area contributed by atoms with Gasteiger partial charge in [0.25, 0.3) is 5.91 Å². The molecule has 1 amide bonds. The lowest BCUT2D eigenvalue weighted by Gasteiger charge is -2.30. The van der Waals surface area contributed by atoms with Gasteiger partial charge in [0.05, 0.1) is 23.1 Å². The maximum Gasteiger partial charge on any atom is 0.255 e. The number of anilines is 3. The van der Waals surface area contributed by atoms with Gasteiger partial charge in [0.15, 0.2) is 0 Å². The van der Waals surface area contributed by atoms with Crippen LogP contribution in [0.3, 0.4) is 0 Å². The molecule has 4 rings (SSSR count). The van der Waals surface area contributed by atoms with Crippen LogP contribution in [0.4, 0.5) is 17.2 Å². The van der Waals surface area contributed by atoms with E-state index in [1.807, 2.05) is 29.8 Å². The second-order valence-corrected chi connectivity index (χ2v) is 7.94. The lowest BCUT2D eigenvalue weighted by Crippen LogP contribution is -2.31. The van der Waals surface area contributed by atoms with Gasteiger partial charge in [-0.05, 0) is 65.8 Å². The number of halogens is 1. The average Bonchev–Trinajstić information content (AvgIpc) is 3.12. The van der Waals surface area contributed by atoms with Gasteiger partial charge in [-0.1, -0.05) is 24.3 Å². The summed E-state index contributed by atoms with van der Waals surface area (Å²) in [5.41, 5.74) is 10.7. The zero-order valence-corrected chi connectivity index (χ0v) is 17.7. The normalized spacial score (nSPS) is 15.8. The summed E-state index contributed by atoms with van der Waals surface area (Å²) in [6, 6.07) is 15.0. The molecule has 1 aliphatic rings. The molecule has 6 nitrogen and oxygen atoms in total. The van der Waals surface area contributed by atoms with E-state index >= 15 is 0 Å². The van der Waals surface area contributed by atoms with Crippen LogP contribution in [-0.2, 0) is 4.79 Å². The first kappa shape index (κ1) is 18.5. The Bertz CT molecular complexity index is 1100. The molecule has 0 fully saturated rings. The topological polar surface area (TPSA) is 85.0 Å². The number of fused-ring (bicyclic) bond motifs is 1. The van der Waals surface area contributed by atoms with Gasteiger partial charge >= 0.3 is 0 Å². The van der Waals surface area contributed by atoms with Crippen LogP contribution in [-0.4, -0.2) is 15.7 Å². The third kappa shape index (κ3) is 3.26. The van der Waals surface area contributed by atoms with Gasteiger partial charge < -0.3 is 16.4 Å². The zero-order chi connectivity index (χ0) is 19.8. The number of allylic oxidation sites excluding steroid dienone is 1. The minimum Gasteiger partial charge on any atom is -0.397 e. The summed E-state index contributed by atoms with van der Waals surface area (Å²) < 4.78 is 2.99. The number of nitrogens with zero attached hydrogens (tertiary/aromatic N) is 2. The van der Waals surface area contributed by atoms with Crippen molar-refractivity contribution >= 4 is 45.7 Å². The Labute approximate surface area is 177 Å². The lowest BCUT2D eigenvalue weighted by molar-refractivity contribution is -0.113. The van der Waals surface area contributed by atoms with Crippen LogP contribution in [0, 0.1) is 10.5 Å². The number of carbonyl (C=O) groups excluding carboxylic acids is 1. The molecule has 0 radical (unpaired) electrons. The zero-order valence-electron chi connectivity index (χ0n) is 15.5. The molecular weight excluding hydrogens is 465 g/mol. The third-order valence-corrected chi connectivity index (χ3v) is 6.04. The molecule has 0 saturated carbocycles. The number of rotatable bonds is 3. The maximum absolute atomic E-state index is 13.3. The maximum atomic E-state index is 13.3. The van der Waals surface area contributed by atoms with Crippen molar-refractivity contribution in [1.82, 2.24) is 9.78 Å². The van der Waals surface area contributed by atoms with E-state index in [4.69, 9.17) is 5.73 Å². The van der Waals surface area contributed by atoms with Crippen LogP contribution in [0.2, 0.25) is 0 Å². The van der Waals surface area contributed by atoms with Crippen LogP contribution in [0.25, 0.3) is 0 Å². The molecule has 28 heavy (non-hydrogen) atoms. The first-order valence-electron chi connectivity index (χ1n) is 8.89. The van der Waals surface area contributed by atoms with Crippen molar-refractivity contribution in [1.29, 1.82) is 0 Å². The van der Waals surface area contributed by atoms with Crippen molar-refractivity contribution in [3.8, 4) is 0 Å². The van der Waals surface area contributed by atoms with Gasteiger partial charge in [-0.25, -0.2) is 4.68 Å². The summed E-state index contributed by atoms with van der Waals surface area (Å²) in [5.74, 6) is 0.651. The van der Waals surface area contributed by atoms with Gasteiger partial charge in [-0.2, -0.15) is 5.10 Å². The Kier molecular flexibility index (Phi) is 4.84. The monoisotopic (exact) mass is 485 g/mol. The van der Waals surface area contributed by atoms with Crippen molar-refractivity contribution in [2.45, 2.75) is 19.9 Å². The standard InChI is InChI=1S/C21H20IN5O/c1-12-7-8-14(11-15(12)22)20-19(13(2)25-18-9-10-24-27(18)20)21(28)26-17-6-4-3-5-16(17)23/h3-11,20,25H,23H2,1-2H3,(H,26,28). The molecule has 0 bridgehead atoms. The lowest BCUT2D eigenvalue weighted by atomic mass is 9.94. The van der Waals surface area contributed by atoms with E-state index in [1.54, 1.807) is 18.3 Å². The predicted octanol–water partition coefficient (Wildman–Crippen LogP) is 4.31. The molecule has 3 aromatic rings. The van der Waals surface area contributed by atoms with Gasteiger partial charge in [-0.3, -0.25) is 4.79 Å². The summed E-state index contributed by atoms with van der Waals surface area (Å²) in [5, 5.41) is 10.7. The number of nitrogens with two attached hydrogens (primary N) is 1. The third-order valence-electron chi connectivity index (χ3n) is 4.87. The minimum atomic E-state index is -0.328. The van der Waals surface area contributed by atoms with E-state index in [0.717, 1.165) is 20.6 Å². The van der Waals surface area contributed by atoms with Crippen molar-refractivity contribution in [3.05, 3.63) is 80.7 Å². The summed E-state index contributed by atoms with van der Waals surface area (Å²) in [7, 11) is 0. The molecule has 4 N–H and O–H groups in total. The number of amides is 1. The fourth-order valence-electron chi connectivity index (χ4n) is 3.39. The molecule has 0 saturated heterocycles. The summed E-state index contributed by atoms with van der Waals surface area (Å²) in [4.78, 5) is 13.3. The van der Waals surface area contributed by atoms with Gasteiger partial charge in [0, 0.05) is 15.3 Å². The highest BCUT2D eigenvalue weighted by Gasteiger charge is 2.33. The number of aromatic nitrogens is 2. The SMILES string of the molecule is CC1=C(C(=O)Nc2ccccc2N)C(c2ccc(C)c(I)c2)n2nccc2N1. The van der Waals surface area contributed by atoms with E-state index in [0.29, 0.717) is 16.9 Å². The van der Waals surface area contributed by atoms with Gasteiger partial charge in [-0.15, -0.1) is 0 Å². The number of aryl methyl sites for hydroxylation is 1. The Balaban J connectivity index is 1.79. The van der Waals surface area contributed by atoms with Gasteiger partial charge in [0.2, 0.25) is 0 Å². The molecule has 7 heteroatoms. The molecule has 0 spiro atoms. The molecule has 142 valence electrons. The van der Waals surface area contributed by atoms with Gasteiger partial charge in [0.1, 0.15) is 11.9 Å². The second kappa shape index (κ2) is 7.31. The first-order chi connectivity index (χ1) is 13.5. The fourth-order valence-corrected chi connectivity index (χ4v) is 3.93. The molecular formula is C21H20IN5O. The predicted molar refractivity (Wildman–Crippen MR) is 120 cm³/mol. The summed E-state index contributed by atoms with van der Waals surface area (Å²) >= 11 is 2.32. The quantitative estimate of drug-likeness (QED) is 0.382. The molecule has 1 aliphatic heterocycles. The van der Waals surface area contributed by atoms with Crippen LogP contribution < -0.4 is 16.4 Å². The molecule has 1 aromatic heterocycles. The minimum absolute atomic E-state index is 0.204. The average molecular weight is 485 g/mol. The number of hydrogen-bond acceptors (Lipinski definition) is 4. The number of benzene rings is 2. The largest absolute Gasteiger partial charge is 0.397 e. The fraction of sp³-hybridized carbons (Fsp3) is 0.143.